The van der Waals surface area contributed by atoms with E-state index in [-0.39, 0.29) is 89.5 Å². The molecule has 0 aromatic carbocycles. The van der Waals surface area contributed by atoms with Crippen LogP contribution in [0, 0.1) is 0 Å². The zero-order valence-corrected chi connectivity index (χ0v) is 28.0. The Hall–Kier alpha value is 2.13. The molecule has 0 bridgehead atoms. The fraction of sp³-hybridized carbons (Fsp3) is 0.714. The Bertz CT molecular complexity index is 547. The summed E-state index contributed by atoms with van der Waals surface area (Å²) in [6.45, 7) is 4.34. The van der Waals surface area contributed by atoms with E-state index in [9.17, 15) is 9.59 Å². The largest absolute Gasteiger partial charge is 0.476 e. The molecule has 0 spiro atoms. The van der Waals surface area contributed by atoms with Crippen LogP contribution in [0.1, 0.15) is 12.8 Å². The van der Waals surface area contributed by atoms with E-state index in [1.807, 2.05) is 18.9 Å². The number of hydrogen-bond acceptors (Lipinski definition) is 8. The van der Waals surface area contributed by atoms with Crippen LogP contribution in [-0.2, 0) is 102 Å². The van der Waals surface area contributed by atoms with Gasteiger partial charge in [0, 0.05) is 97.2 Å². The Morgan fingerprint density at radius 2 is 1.86 bits per heavy atom. The standard InChI is InChI=1S/C14H27O8P3Si2.2Y/c1-17-27(3)8-26(2)6-4-5-10(15)18-7-9(20-23)11-12(21-24)13(22-25)14(16)19-11;;/h9,11H,4-8,23-25H2,1-3H3;;/t9?,11-;;/m1../s1. The van der Waals surface area contributed by atoms with E-state index >= 15 is 0 Å². The number of hydrogen-bond donors (Lipinski definition) is 0. The predicted molar refractivity (Wildman–Crippen MR) is 113 cm³/mol. The molecule has 4 radical (unpaired) electrons. The number of carbonyl (C=O) groups excluding carboxylic acids is 2. The third-order valence-corrected chi connectivity index (χ3v) is 11.1. The molecule has 0 aliphatic carbocycles. The zero-order valence-electron chi connectivity index (χ0n) is 16.8. The van der Waals surface area contributed by atoms with Crippen LogP contribution in [0.25, 0.3) is 0 Å². The molecule has 1 rings (SSSR count). The van der Waals surface area contributed by atoms with E-state index in [2.05, 4.69) is 22.6 Å². The van der Waals surface area contributed by atoms with Gasteiger partial charge in [-0.05, 0) is 18.6 Å². The van der Waals surface area contributed by atoms with Gasteiger partial charge in [0.05, 0.1) is 18.9 Å². The minimum Gasteiger partial charge on any atom is -0.476 e. The van der Waals surface area contributed by atoms with E-state index in [4.69, 9.17) is 27.5 Å². The zero-order chi connectivity index (χ0) is 20.4. The number of esters is 2. The summed E-state index contributed by atoms with van der Waals surface area (Å²) in [6.07, 6.45) is -0.454. The molecular weight excluding hydrogens is 623 g/mol. The van der Waals surface area contributed by atoms with Crippen LogP contribution in [-0.4, -0.2) is 55.7 Å². The first kappa shape index (κ1) is 33.3. The molecule has 8 nitrogen and oxygen atoms in total. The molecule has 4 unspecified atom stereocenters. The van der Waals surface area contributed by atoms with Crippen molar-refractivity contribution < 1.29 is 102 Å². The van der Waals surface area contributed by atoms with Gasteiger partial charge in [0.1, 0.15) is 12.7 Å². The summed E-state index contributed by atoms with van der Waals surface area (Å²) in [7, 11) is 6.65. The van der Waals surface area contributed by atoms with Crippen molar-refractivity contribution in [2.45, 2.75) is 49.9 Å². The number of cyclic esters (lactones) is 1. The molecule has 160 valence electrons. The van der Waals surface area contributed by atoms with Crippen LogP contribution >= 0.6 is 28.4 Å². The van der Waals surface area contributed by atoms with Crippen LogP contribution in [0.2, 0.25) is 24.8 Å². The van der Waals surface area contributed by atoms with E-state index in [1.165, 1.54) is 0 Å². The van der Waals surface area contributed by atoms with Crippen molar-refractivity contribution in [1.82, 2.24) is 0 Å². The molecule has 1 aliphatic heterocycles. The van der Waals surface area contributed by atoms with E-state index in [0.29, 0.717) is 6.42 Å². The van der Waals surface area contributed by atoms with Gasteiger partial charge >= 0.3 is 11.9 Å². The molecule has 1 aliphatic rings. The fourth-order valence-corrected chi connectivity index (χ4v) is 8.63. The molecule has 0 fully saturated rings. The third-order valence-electron chi connectivity index (χ3n) is 3.95. The average molecular weight is 650 g/mol. The van der Waals surface area contributed by atoms with Gasteiger partial charge in [-0.1, -0.05) is 12.6 Å². The van der Waals surface area contributed by atoms with Crippen LogP contribution in [0.5, 0.6) is 0 Å². The van der Waals surface area contributed by atoms with Gasteiger partial charge in [-0.15, -0.1) is 0 Å². The molecule has 0 aromatic heterocycles. The quantitative estimate of drug-likeness (QED) is 0.171. The molecular formula is C14H27O8P3Si2Y2. The Balaban J connectivity index is 0. The molecule has 0 aromatic rings. The summed E-state index contributed by atoms with van der Waals surface area (Å²) >= 11 is 0. The molecule has 29 heavy (non-hydrogen) atoms. The van der Waals surface area contributed by atoms with Crippen molar-refractivity contribution in [1.29, 1.82) is 0 Å². The Labute approximate surface area is 233 Å². The maximum atomic E-state index is 12.0. The summed E-state index contributed by atoms with van der Waals surface area (Å²) in [4.78, 5) is 23.8. The molecule has 1 heterocycles. The van der Waals surface area contributed by atoms with Crippen LogP contribution in [0.3, 0.4) is 0 Å². The van der Waals surface area contributed by atoms with Gasteiger partial charge in [0.15, 0.2) is 11.9 Å². The van der Waals surface area contributed by atoms with Crippen molar-refractivity contribution in [3.63, 3.8) is 0 Å². The van der Waals surface area contributed by atoms with Gasteiger partial charge in [-0.25, -0.2) is 4.79 Å². The first-order chi connectivity index (χ1) is 12.9. The summed E-state index contributed by atoms with van der Waals surface area (Å²) in [5, 5.41) is 0. The first-order valence-corrected chi connectivity index (χ1v) is 14.2. The first-order valence-electron chi connectivity index (χ1n) is 8.25. The Morgan fingerprint density at radius 1 is 1.21 bits per heavy atom. The molecule has 0 amide bonds. The van der Waals surface area contributed by atoms with Crippen molar-refractivity contribution in [2.75, 3.05) is 13.7 Å². The van der Waals surface area contributed by atoms with Gasteiger partial charge < -0.3 is 27.5 Å². The third kappa shape index (κ3) is 11.7. The smallest absolute Gasteiger partial charge is 0.378 e. The van der Waals surface area contributed by atoms with Crippen LogP contribution in [0.15, 0.2) is 11.5 Å². The Kier molecular flexibility index (Phi) is 21.3. The van der Waals surface area contributed by atoms with Crippen LogP contribution in [0.4, 0.5) is 0 Å². The van der Waals surface area contributed by atoms with E-state index in [1.54, 1.807) is 7.11 Å². The topological polar surface area (TPSA) is 89.5 Å². The maximum Gasteiger partial charge on any atom is 0.378 e. The minimum absolute atomic E-state index is 0. The molecule has 15 heteroatoms. The monoisotopic (exact) mass is 650 g/mol. The van der Waals surface area contributed by atoms with Crippen LogP contribution < -0.4 is 0 Å². The van der Waals surface area contributed by atoms with Gasteiger partial charge in [0.2, 0.25) is 14.8 Å². The summed E-state index contributed by atoms with van der Waals surface area (Å²) in [5.41, 5.74) is 1.15. The van der Waals surface area contributed by atoms with E-state index in [0.717, 1.165) is 18.1 Å². The van der Waals surface area contributed by atoms with Crippen molar-refractivity contribution >= 4 is 58.2 Å². The number of rotatable bonds is 13. The van der Waals surface area contributed by atoms with Crippen molar-refractivity contribution in [3.8, 4) is 0 Å². The second-order valence-electron chi connectivity index (χ2n) is 6.01. The second-order valence-corrected chi connectivity index (χ2v) is 12.4. The minimum atomic E-state index is -0.861. The predicted octanol–water partition coefficient (Wildman–Crippen LogP) is 2.16. The normalized spacial score (nSPS) is 16.8. The van der Waals surface area contributed by atoms with Gasteiger partial charge in [0.25, 0.3) is 0 Å². The molecule has 0 saturated heterocycles. The molecule has 5 atom stereocenters. The van der Waals surface area contributed by atoms with Crippen molar-refractivity contribution in [3.05, 3.63) is 11.5 Å². The number of ether oxygens (including phenoxy) is 2. The SMILES string of the molecule is CO[Si](C)C[Si](C)CCCC(=O)OCC(OP)[C@H]1OC(=O)C(OP)=C1OP.[Y].[Y]. The van der Waals surface area contributed by atoms with Gasteiger partial charge in [-0.2, -0.15) is 0 Å². The summed E-state index contributed by atoms with van der Waals surface area (Å²) in [5.74, 6) is -0.882. The molecule has 0 N–H and O–H groups in total. The second kappa shape index (κ2) is 18.5. The van der Waals surface area contributed by atoms with Gasteiger partial charge in [-0.3, -0.25) is 4.79 Å². The van der Waals surface area contributed by atoms with Crippen molar-refractivity contribution in [2.24, 2.45) is 0 Å². The average Bonchev–Trinajstić information content (AvgIpc) is 2.97. The summed E-state index contributed by atoms with van der Waals surface area (Å²) < 4.78 is 31.1. The summed E-state index contributed by atoms with van der Waals surface area (Å²) in [6, 6.07) is 1.04. The molecule has 0 saturated carbocycles. The fourth-order valence-electron chi connectivity index (χ4n) is 2.49. The maximum absolute atomic E-state index is 12.0. The van der Waals surface area contributed by atoms with E-state index < -0.39 is 36.0 Å². The Morgan fingerprint density at radius 3 is 2.38 bits per heavy atom. The number of carbonyl (C=O) groups is 2.